The average molecular weight is 299 g/mol. The maximum atomic E-state index is 13.4. The van der Waals surface area contributed by atoms with E-state index >= 15 is 0 Å². The zero-order chi connectivity index (χ0) is 13.8. The van der Waals surface area contributed by atoms with E-state index in [-0.39, 0.29) is 5.56 Å². The van der Waals surface area contributed by atoms with Crippen LogP contribution in [0.5, 0.6) is 0 Å². The molecule has 0 saturated carbocycles. The number of anilines is 1. The van der Waals surface area contributed by atoms with Gasteiger partial charge in [0.25, 0.3) is 5.91 Å². The third kappa shape index (κ3) is 3.68. The summed E-state index contributed by atoms with van der Waals surface area (Å²) < 4.78 is 14.2. The summed E-state index contributed by atoms with van der Waals surface area (Å²) in [6.45, 7) is 0.421. The Bertz CT molecular complexity index is 600. The molecule has 0 saturated heterocycles. The maximum Gasteiger partial charge on any atom is 0.254 e. The molecule has 0 aliphatic carbocycles. The molecule has 2 rings (SSSR count). The van der Waals surface area contributed by atoms with Crippen molar-refractivity contribution in [2.45, 2.75) is 6.42 Å². The molecule has 1 aromatic carbocycles. The van der Waals surface area contributed by atoms with Gasteiger partial charge in [-0.25, -0.2) is 4.39 Å². The Morgan fingerprint density at radius 3 is 2.84 bits per heavy atom. The molecule has 0 spiro atoms. The smallest absolute Gasteiger partial charge is 0.254 e. The summed E-state index contributed by atoms with van der Waals surface area (Å²) in [6.07, 6.45) is 0.660. The predicted molar refractivity (Wildman–Crippen MR) is 76.2 cm³/mol. The van der Waals surface area contributed by atoms with Crippen molar-refractivity contribution in [3.63, 3.8) is 0 Å². The summed E-state index contributed by atoms with van der Waals surface area (Å²) in [7, 11) is 0. The second kappa shape index (κ2) is 6.04. The summed E-state index contributed by atoms with van der Waals surface area (Å²) in [4.78, 5) is 12.9. The molecule has 0 aliphatic heterocycles. The number of nitrogens with one attached hydrogen (secondary N) is 1. The van der Waals surface area contributed by atoms with Crippen LogP contribution in [0.15, 0.2) is 30.3 Å². The number of hydrogen-bond donors (Lipinski definition) is 2. The maximum absolute atomic E-state index is 13.4. The number of hydrogen-bond acceptors (Lipinski definition) is 3. The summed E-state index contributed by atoms with van der Waals surface area (Å²) in [5.41, 5.74) is 5.85. The molecular formula is C13H12ClFN2OS. The normalized spacial score (nSPS) is 10.4. The number of carbonyl (C=O) groups is 1. The third-order valence-electron chi connectivity index (χ3n) is 2.52. The second-order valence-electron chi connectivity index (χ2n) is 3.95. The van der Waals surface area contributed by atoms with Crippen LogP contribution in [0.25, 0.3) is 0 Å². The molecule has 6 heteroatoms. The van der Waals surface area contributed by atoms with Crippen molar-refractivity contribution in [2.75, 3.05) is 12.3 Å². The van der Waals surface area contributed by atoms with E-state index in [1.807, 2.05) is 6.07 Å². The lowest BCUT2D eigenvalue weighted by molar-refractivity contribution is 0.0950. The van der Waals surface area contributed by atoms with Crippen molar-refractivity contribution in [3.05, 3.63) is 50.9 Å². The van der Waals surface area contributed by atoms with Crippen LogP contribution in [0.2, 0.25) is 4.34 Å². The fourth-order valence-electron chi connectivity index (χ4n) is 1.60. The Morgan fingerprint density at radius 2 is 2.16 bits per heavy atom. The quantitative estimate of drug-likeness (QED) is 0.852. The molecular weight excluding hydrogens is 287 g/mol. The fourth-order valence-corrected chi connectivity index (χ4v) is 2.68. The molecule has 1 amide bonds. The summed E-state index contributed by atoms with van der Waals surface area (Å²) in [5, 5.41) is 2.65. The van der Waals surface area contributed by atoms with Crippen molar-refractivity contribution >= 4 is 34.5 Å². The average Bonchev–Trinajstić information content (AvgIpc) is 2.78. The van der Waals surface area contributed by atoms with Gasteiger partial charge in [0.15, 0.2) is 0 Å². The number of rotatable bonds is 4. The first-order valence-corrected chi connectivity index (χ1v) is 6.83. The molecule has 1 aromatic heterocycles. The number of nitrogen functional groups attached to an aromatic ring is 1. The minimum Gasteiger partial charge on any atom is -0.399 e. The van der Waals surface area contributed by atoms with E-state index in [0.29, 0.717) is 23.0 Å². The lowest BCUT2D eigenvalue weighted by Crippen LogP contribution is -2.26. The van der Waals surface area contributed by atoms with Gasteiger partial charge in [-0.3, -0.25) is 4.79 Å². The van der Waals surface area contributed by atoms with Crippen LogP contribution in [0.1, 0.15) is 15.2 Å². The molecule has 0 bridgehead atoms. The second-order valence-corrected chi connectivity index (χ2v) is 5.75. The minimum absolute atomic E-state index is 0.0378. The van der Waals surface area contributed by atoms with E-state index in [2.05, 4.69) is 5.32 Å². The molecule has 3 nitrogen and oxygen atoms in total. The van der Waals surface area contributed by atoms with Crippen LogP contribution in [0.4, 0.5) is 10.1 Å². The van der Waals surface area contributed by atoms with Crippen molar-refractivity contribution in [2.24, 2.45) is 0 Å². The predicted octanol–water partition coefficient (Wildman–Crippen LogP) is 3.10. The SMILES string of the molecule is Nc1ccc(F)c(C(=O)NCCc2ccc(Cl)s2)c1. The molecule has 19 heavy (non-hydrogen) atoms. The Labute approximate surface area is 119 Å². The van der Waals surface area contributed by atoms with Gasteiger partial charge in [0.1, 0.15) is 5.82 Å². The lowest BCUT2D eigenvalue weighted by Gasteiger charge is -2.06. The van der Waals surface area contributed by atoms with Gasteiger partial charge in [-0.1, -0.05) is 11.6 Å². The number of benzene rings is 1. The van der Waals surface area contributed by atoms with E-state index in [4.69, 9.17) is 17.3 Å². The van der Waals surface area contributed by atoms with Crippen molar-refractivity contribution in [1.29, 1.82) is 0 Å². The fraction of sp³-hybridized carbons (Fsp3) is 0.154. The number of halogens is 2. The van der Waals surface area contributed by atoms with Gasteiger partial charge in [-0.05, 0) is 36.8 Å². The first-order chi connectivity index (χ1) is 9.06. The van der Waals surface area contributed by atoms with Gasteiger partial charge in [0, 0.05) is 17.1 Å². The van der Waals surface area contributed by atoms with Crippen LogP contribution >= 0.6 is 22.9 Å². The highest BCUT2D eigenvalue weighted by molar-refractivity contribution is 7.16. The Hall–Kier alpha value is -1.59. The van der Waals surface area contributed by atoms with Gasteiger partial charge in [0.05, 0.1) is 9.90 Å². The van der Waals surface area contributed by atoms with Crippen LogP contribution < -0.4 is 11.1 Å². The standard InChI is InChI=1S/C13H12ClFN2OS/c14-12-4-2-9(19-12)5-6-17-13(18)10-7-8(16)1-3-11(10)15/h1-4,7H,5-6,16H2,(H,17,18). The summed E-state index contributed by atoms with van der Waals surface area (Å²) >= 11 is 7.26. The van der Waals surface area contributed by atoms with E-state index < -0.39 is 11.7 Å². The third-order valence-corrected chi connectivity index (χ3v) is 3.81. The van der Waals surface area contributed by atoms with Crippen molar-refractivity contribution < 1.29 is 9.18 Å². The number of thiophene rings is 1. The van der Waals surface area contributed by atoms with Gasteiger partial charge in [-0.15, -0.1) is 11.3 Å². The Kier molecular flexibility index (Phi) is 4.39. The van der Waals surface area contributed by atoms with Gasteiger partial charge in [-0.2, -0.15) is 0 Å². The molecule has 100 valence electrons. The molecule has 0 atom stereocenters. The first kappa shape index (κ1) is 13.8. The van der Waals surface area contributed by atoms with E-state index in [1.165, 1.54) is 29.5 Å². The molecule has 1 heterocycles. The number of nitrogens with two attached hydrogens (primary N) is 1. The topological polar surface area (TPSA) is 55.1 Å². The number of carbonyl (C=O) groups excluding carboxylic acids is 1. The highest BCUT2D eigenvalue weighted by atomic mass is 35.5. The minimum atomic E-state index is -0.578. The van der Waals surface area contributed by atoms with Gasteiger partial charge < -0.3 is 11.1 Å². The molecule has 0 unspecified atom stereocenters. The van der Waals surface area contributed by atoms with Gasteiger partial charge >= 0.3 is 0 Å². The molecule has 3 N–H and O–H groups in total. The molecule has 0 radical (unpaired) electrons. The van der Waals surface area contributed by atoms with Crippen LogP contribution in [-0.2, 0) is 6.42 Å². The Balaban J connectivity index is 1.92. The largest absolute Gasteiger partial charge is 0.399 e. The van der Waals surface area contributed by atoms with Crippen molar-refractivity contribution in [1.82, 2.24) is 5.32 Å². The Morgan fingerprint density at radius 1 is 1.37 bits per heavy atom. The monoisotopic (exact) mass is 298 g/mol. The molecule has 0 aliphatic rings. The van der Waals surface area contributed by atoms with E-state index in [0.717, 1.165) is 4.88 Å². The number of amides is 1. The van der Waals surface area contributed by atoms with Crippen LogP contribution in [0.3, 0.4) is 0 Å². The first-order valence-electron chi connectivity index (χ1n) is 5.63. The highest BCUT2D eigenvalue weighted by Gasteiger charge is 2.11. The molecule has 0 fully saturated rings. The zero-order valence-electron chi connectivity index (χ0n) is 9.95. The highest BCUT2D eigenvalue weighted by Crippen LogP contribution is 2.21. The lowest BCUT2D eigenvalue weighted by atomic mass is 10.1. The van der Waals surface area contributed by atoms with Crippen LogP contribution in [0, 0.1) is 5.82 Å². The summed E-state index contributed by atoms with van der Waals surface area (Å²) in [6, 6.07) is 7.64. The van der Waals surface area contributed by atoms with Crippen LogP contribution in [-0.4, -0.2) is 12.5 Å². The van der Waals surface area contributed by atoms with E-state index in [9.17, 15) is 9.18 Å². The summed E-state index contributed by atoms with van der Waals surface area (Å²) in [5.74, 6) is -1.04. The van der Waals surface area contributed by atoms with Gasteiger partial charge in [0.2, 0.25) is 0 Å². The zero-order valence-corrected chi connectivity index (χ0v) is 11.5. The van der Waals surface area contributed by atoms with Crippen molar-refractivity contribution in [3.8, 4) is 0 Å². The van der Waals surface area contributed by atoms with E-state index in [1.54, 1.807) is 6.07 Å². The molecule has 2 aromatic rings.